The van der Waals surface area contributed by atoms with Gasteiger partial charge in [-0.2, -0.15) is 0 Å². The summed E-state index contributed by atoms with van der Waals surface area (Å²) < 4.78 is 40.7. The Morgan fingerprint density at radius 3 is 2.50 bits per heavy atom. The Labute approximate surface area is 161 Å². The third kappa shape index (κ3) is 4.30. The lowest BCUT2D eigenvalue weighted by Gasteiger charge is -2.11. The molecule has 2 N–H and O–H groups in total. The fraction of sp³-hybridized carbons (Fsp3) is 0.211. The molecule has 2 aromatic carbocycles. The number of carbonyl (C=O) groups is 2. The number of aryl methyl sites for hydroxylation is 1. The lowest BCUT2D eigenvalue weighted by atomic mass is 10.0. The van der Waals surface area contributed by atoms with Crippen LogP contribution in [-0.2, 0) is 16.0 Å². The van der Waals surface area contributed by atoms with E-state index in [9.17, 15) is 27.9 Å². The average molecular weight is 408 g/mol. The number of aliphatic carboxylic acids is 1. The second-order valence-electron chi connectivity index (χ2n) is 6.30. The van der Waals surface area contributed by atoms with Gasteiger partial charge in [-0.05, 0) is 19.1 Å². The van der Waals surface area contributed by atoms with Gasteiger partial charge in [0, 0.05) is 24.6 Å². The minimum atomic E-state index is -1.37. The summed E-state index contributed by atoms with van der Waals surface area (Å²) in [6.45, 7) is 1.89. The van der Waals surface area contributed by atoms with E-state index in [2.05, 4.69) is 10.3 Å². The summed E-state index contributed by atoms with van der Waals surface area (Å²) in [6, 6.07) is 7.40. The van der Waals surface area contributed by atoms with E-state index in [0.29, 0.717) is 11.8 Å². The van der Waals surface area contributed by atoms with Gasteiger partial charge < -0.3 is 10.4 Å². The molecule has 0 aliphatic rings. The second-order valence-corrected chi connectivity index (χ2v) is 7.38. The average Bonchev–Trinajstić information content (AvgIpc) is 3.06. The van der Waals surface area contributed by atoms with Crippen molar-refractivity contribution in [3.63, 3.8) is 0 Å². The normalized spacial score (nSPS) is 12.1. The van der Waals surface area contributed by atoms with Crippen molar-refractivity contribution in [2.45, 2.75) is 19.8 Å². The van der Waals surface area contributed by atoms with Crippen molar-refractivity contribution in [3.05, 3.63) is 58.4 Å². The van der Waals surface area contributed by atoms with Crippen molar-refractivity contribution in [1.29, 1.82) is 0 Å². The summed E-state index contributed by atoms with van der Waals surface area (Å²) in [5.41, 5.74) is 1.05. The number of carboxylic acid groups (broad SMARTS) is 1. The lowest BCUT2D eigenvalue weighted by molar-refractivity contribution is -0.143. The molecule has 1 heterocycles. The second kappa shape index (κ2) is 7.97. The van der Waals surface area contributed by atoms with Crippen LogP contribution in [-0.4, -0.2) is 22.0 Å². The van der Waals surface area contributed by atoms with E-state index in [1.54, 1.807) is 24.3 Å². The molecule has 1 unspecified atom stereocenters. The van der Waals surface area contributed by atoms with Gasteiger partial charge in [0.25, 0.3) is 0 Å². The van der Waals surface area contributed by atoms with Crippen molar-refractivity contribution in [2.75, 3.05) is 5.32 Å². The van der Waals surface area contributed by atoms with Crippen molar-refractivity contribution >= 4 is 39.1 Å². The minimum Gasteiger partial charge on any atom is -0.481 e. The van der Waals surface area contributed by atoms with Crippen LogP contribution in [0.15, 0.2) is 30.3 Å². The predicted molar refractivity (Wildman–Crippen MR) is 98.7 cm³/mol. The van der Waals surface area contributed by atoms with Gasteiger partial charge in [-0.1, -0.05) is 17.7 Å². The Kier molecular flexibility index (Phi) is 5.64. The lowest BCUT2D eigenvalue weighted by Crippen LogP contribution is -2.24. The van der Waals surface area contributed by atoms with Crippen molar-refractivity contribution in [2.24, 2.45) is 5.92 Å². The molecule has 0 saturated carbocycles. The highest BCUT2D eigenvalue weighted by Crippen LogP contribution is 2.30. The van der Waals surface area contributed by atoms with E-state index in [1.807, 2.05) is 6.92 Å². The van der Waals surface area contributed by atoms with E-state index in [-0.39, 0.29) is 22.5 Å². The fourth-order valence-corrected chi connectivity index (χ4v) is 3.69. The van der Waals surface area contributed by atoms with Crippen LogP contribution >= 0.6 is 11.3 Å². The number of anilines is 1. The summed E-state index contributed by atoms with van der Waals surface area (Å²) >= 11 is 0.737. The summed E-state index contributed by atoms with van der Waals surface area (Å²) in [6.07, 6.45) is -0.561. The molecule has 3 aromatic rings. The number of aromatic nitrogens is 1. The molecule has 0 bridgehead atoms. The number of hydrogen-bond acceptors (Lipinski definition) is 4. The number of carboxylic acids is 1. The van der Waals surface area contributed by atoms with E-state index >= 15 is 0 Å². The van der Waals surface area contributed by atoms with Crippen molar-refractivity contribution < 1.29 is 27.9 Å². The quantitative estimate of drug-likeness (QED) is 0.597. The molecule has 0 radical (unpaired) electrons. The molecule has 0 fully saturated rings. The van der Waals surface area contributed by atoms with E-state index in [4.69, 9.17) is 0 Å². The van der Waals surface area contributed by atoms with Gasteiger partial charge in [-0.25, -0.2) is 18.2 Å². The first-order chi connectivity index (χ1) is 13.2. The number of hydrogen-bond donors (Lipinski definition) is 2. The maximum absolute atomic E-state index is 13.8. The first-order valence-electron chi connectivity index (χ1n) is 8.27. The number of rotatable bonds is 6. The molecule has 28 heavy (non-hydrogen) atoms. The van der Waals surface area contributed by atoms with Gasteiger partial charge in [-0.3, -0.25) is 9.59 Å². The van der Waals surface area contributed by atoms with Gasteiger partial charge in [-0.15, -0.1) is 11.3 Å². The molecule has 5 nitrogen and oxygen atoms in total. The summed E-state index contributed by atoms with van der Waals surface area (Å²) in [7, 11) is 0. The van der Waals surface area contributed by atoms with Crippen LogP contribution in [0.2, 0.25) is 0 Å². The van der Waals surface area contributed by atoms with Crippen LogP contribution in [0.5, 0.6) is 0 Å². The summed E-state index contributed by atoms with van der Waals surface area (Å²) in [4.78, 5) is 27.5. The smallest absolute Gasteiger partial charge is 0.307 e. The largest absolute Gasteiger partial charge is 0.481 e. The van der Waals surface area contributed by atoms with E-state index in [0.717, 1.165) is 16.9 Å². The predicted octanol–water partition coefficient (Wildman–Crippen LogP) is 4.29. The molecule has 0 aliphatic heterocycles. The highest BCUT2D eigenvalue weighted by molar-refractivity contribution is 7.18. The number of nitrogens with one attached hydrogen (secondary N) is 1. The third-order valence-electron chi connectivity index (χ3n) is 4.10. The van der Waals surface area contributed by atoms with Crippen LogP contribution in [0.1, 0.15) is 17.0 Å². The number of halogens is 3. The molecule has 1 amide bonds. The zero-order valence-corrected chi connectivity index (χ0v) is 15.4. The maximum Gasteiger partial charge on any atom is 0.307 e. The summed E-state index contributed by atoms with van der Waals surface area (Å²) in [5, 5.41) is 12.1. The van der Waals surface area contributed by atoms with Crippen LogP contribution in [0.3, 0.4) is 0 Å². The minimum absolute atomic E-state index is 0.105. The Morgan fingerprint density at radius 2 is 1.86 bits per heavy atom. The molecule has 1 atom stereocenters. The number of amides is 1. The first-order valence-corrected chi connectivity index (χ1v) is 9.08. The van der Waals surface area contributed by atoms with Gasteiger partial charge in [0.15, 0.2) is 11.6 Å². The monoisotopic (exact) mass is 408 g/mol. The van der Waals surface area contributed by atoms with E-state index < -0.39 is 40.8 Å². The van der Waals surface area contributed by atoms with Gasteiger partial charge in [0.1, 0.15) is 11.3 Å². The summed E-state index contributed by atoms with van der Waals surface area (Å²) in [5.74, 6) is -6.54. The van der Waals surface area contributed by atoms with Crippen molar-refractivity contribution in [1.82, 2.24) is 4.98 Å². The third-order valence-corrected chi connectivity index (χ3v) is 5.18. The SMILES string of the molecule is Cc1ccc(NC(=O)CC(Cc2nc3c(F)c(F)cc(F)c3s2)C(=O)O)cc1. The molecular formula is C19H15F3N2O3S. The van der Waals surface area contributed by atoms with Crippen LogP contribution < -0.4 is 5.32 Å². The molecule has 146 valence electrons. The standard InChI is InChI=1S/C19H15F3N2O3S/c1-9-2-4-11(5-3-9)23-14(25)6-10(19(26)27)7-15-24-17-16(22)12(20)8-13(21)18(17)28-15/h2-5,8,10H,6-7H2,1H3,(H,23,25)(H,26,27). The molecule has 0 spiro atoms. The number of fused-ring (bicyclic) bond motifs is 1. The Hall–Kier alpha value is -2.94. The number of nitrogens with zero attached hydrogens (tertiary/aromatic N) is 1. The Bertz CT molecular complexity index is 1050. The molecule has 9 heteroatoms. The highest BCUT2D eigenvalue weighted by atomic mass is 32.1. The van der Waals surface area contributed by atoms with Gasteiger partial charge >= 0.3 is 5.97 Å². The Balaban J connectivity index is 1.76. The molecule has 3 rings (SSSR count). The Morgan fingerprint density at radius 1 is 1.18 bits per heavy atom. The van der Waals surface area contributed by atoms with Gasteiger partial charge in [0.2, 0.25) is 5.91 Å². The maximum atomic E-state index is 13.8. The topological polar surface area (TPSA) is 79.3 Å². The first kappa shape index (κ1) is 19.8. The van der Waals surface area contributed by atoms with E-state index in [1.165, 1.54) is 0 Å². The molecule has 0 aliphatic carbocycles. The number of benzene rings is 2. The van der Waals surface area contributed by atoms with Crippen LogP contribution in [0, 0.1) is 30.3 Å². The molecule has 0 saturated heterocycles. The highest BCUT2D eigenvalue weighted by Gasteiger charge is 2.25. The zero-order chi connectivity index (χ0) is 20.4. The fourth-order valence-electron chi connectivity index (χ4n) is 2.65. The van der Waals surface area contributed by atoms with Crippen LogP contribution in [0.25, 0.3) is 10.2 Å². The zero-order valence-electron chi connectivity index (χ0n) is 14.6. The van der Waals surface area contributed by atoms with Crippen molar-refractivity contribution in [3.8, 4) is 0 Å². The van der Waals surface area contributed by atoms with Gasteiger partial charge in [0.05, 0.1) is 15.6 Å². The molecular weight excluding hydrogens is 393 g/mol. The number of carbonyl (C=O) groups excluding carboxylic acids is 1. The number of thiazole rings is 1. The van der Waals surface area contributed by atoms with Crippen LogP contribution in [0.4, 0.5) is 18.9 Å². The molecule has 1 aromatic heterocycles.